The first-order valence-electron chi connectivity index (χ1n) is 18.6. The molecular weight excluding hydrogens is 777 g/mol. The van der Waals surface area contributed by atoms with E-state index in [-0.39, 0.29) is 54.2 Å². The molecule has 59 heavy (non-hydrogen) atoms. The second-order valence-corrected chi connectivity index (χ2v) is 14.0. The average Bonchev–Trinajstić information content (AvgIpc) is 3.13. The van der Waals surface area contributed by atoms with Gasteiger partial charge in [-0.25, -0.2) is 0 Å². The van der Waals surface area contributed by atoms with E-state index in [1.54, 1.807) is 31.2 Å². The van der Waals surface area contributed by atoms with Crippen LogP contribution in [-0.4, -0.2) is 47.8 Å². The minimum atomic E-state index is -4.41. The number of ether oxygens (including phenoxy) is 3. The fourth-order valence-electron chi connectivity index (χ4n) is 6.15. The Labute approximate surface area is 354 Å². The third-order valence-corrected chi connectivity index (χ3v) is 8.74. The predicted molar refractivity (Wildman–Crippen MR) is 210 cm³/mol. The number of hydrogen-bond acceptors (Lipinski definition) is 6. The molecule has 0 aliphatic carbocycles. The summed E-state index contributed by atoms with van der Waals surface area (Å²) in [5.74, 6) is -0.835. The van der Waals surface area contributed by atoms with Crippen LogP contribution in [0.5, 0.6) is 11.5 Å². The normalized spacial score (nSPS) is 12.1. The molecule has 0 bridgehead atoms. The Hall–Kier alpha value is -4.48. The van der Waals surface area contributed by atoms with Gasteiger partial charge in [0.25, 0.3) is 0 Å². The molecule has 0 heterocycles. The molecule has 320 valence electrons. The van der Waals surface area contributed by atoms with Gasteiger partial charge in [-0.2, -0.15) is 26.3 Å². The maximum absolute atomic E-state index is 12.9. The average molecular weight is 831 g/mol. The van der Waals surface area contributed by atoms with Crippen LogP contribution in [0.15, 0.2) is 84.9 Å². The molecule has 2 atom stereocenters. The summed E-state index contributed by atoms with van der Waals surface area (Å²) in [7, 11) is 0. The van der Waals surface area contributed by atoms with Crippen molar-refractivity contribution in [2.24, 2.45) is 11.8 Å². The van der Waals surface area contributed by atoms with Crippen molar-refractivity contribution in [3.8, 4) is 33.8 Å². The van der Waals surface area contributed by atoms with Crippen LogP contribution in [0.4, 0.5) is 26.3 Å². The molecule has 0 saturated carbocycles. The number of hydrogen-bond donors (Lipinski definition) is 1. The number of esters is 1. The maximum Gasteiger partial charge on any atom is 1.00 e. The van der Waals surface area contributed by atoms with Crippen LogP contribution >= 0.6 is 0 Å². The molecule has 0 aromatic heterocycles. The largest absolute Gasteiger partial charge is 1.00 e. The summed E-state index contributed by atoms with van der Waals surface area (Å²) >= 11 is 0. The number of carboxylic acid groups (broad SMARTS) is 1. The van der Waals surface area contributed by atoms with E-state index in [9.17, 15) is 41.0 Å². The molecule has 4 aromatic rings. The smallest absolute Gasteiger partial charge is 0.870 e. The van der Waals surface area contributed by atoms with E-state index in [2.05, 4.69) is 0 Å². The summed E-state index contributed by atoms with van der Waals surface area (Å²) in [6, 6.07) is 20.2. The Balaban J connectivity index is 0.00000109. The molecule has 0 fully saturated rings. The summed E-state index contributed by atoms with van der Waals surface area (Å²) in [6.07, 6.45) is -7.72. The van der Waals surface area contributed by atoms with Gasteiger partial charge in [-0.1, -0.05) is 64.1 Å². The molecule has 2 unspecified atom stereocenters. The zero-order valence-electron chi connectivity index (χ0n) is 34.6. The molecule has 0 saturated heterocycles. The maximum atomic E-state index is 12.9. The van der Waals surface area contributed by atoms with E-state index in [0.717, 1.165) is 29.8 Å². The van der Waals surface area contributed by atoms with Crippen molar-refractivity contribution in [1.82, 2.24) is 0 Å². The monoisotopic (exact) mass is 830 g/mol. The van der Waals surface area contributed by atoms with Crippen LogP contribution in [0, 0.1) is 11.8 Å². The van der Waals surface area contributed by atoms with Crippen molar-refractivity contribution in [1.29, 1.82) is 0 Å². The third-order valence-electron chi connectivity index (χ3n) is 8.74. The first-order chi connectivity index (χ1) is 26.3. The molecule has 15 heteroatoms. The number of rotatable bonds is 15. The number of benzene rings is 4. The second-order valence-electron chi connectivity index (χ2n) is 14.0. The first-order valence-corrected chi connectivity index (χ1v) is 18.6. The van der Waals surface area contributed by atoms with Crippen molar-refractivity contribution in [2.45, 2.75) is 85.5 Å². The van der Waals surface area contributed by atoms with Gasteiger partial charge in [0, 0.05) is 11.1 Å². The van der Waals surface area contributed by atoms with Crippen molar-refractivity contribution >= 4 is 11.9 Å². The summed E-state index contributed by atoms with van der Waals surface area (Å²) in [5.41, 5.74) is 2.29. The standard InChI is InChI=1S/C23H27F3O3.C21H23F3O3.Li.2H2O/c1-5-28-21-12-9-17(20(13-15(3)4)22(27)29-6-2)14-19(21)16-7-10-18(11-8-16)23(24,25)26;1-4-27-19-10-7-15(18(20(25)26)11-13(2)3)12-17(19)14-5-8-16(9-6-14)21(22,23)24;;;/h7-12,14-15,20H,5-6,13H2,1-4H3;5-10,12-13,18H,4,11H2,1-3H3,(H,25,26);;2*1H2/q;;+1;;/p-1. The molecule has 8 nitrogen and oxygen atoms in total. The minimum absolute atomic E-state index is 0. The van der Waals surface area contributed by atoms with Gasteiger partial charge in [0.2, 0.25) is 0 Å². The van der Waals surface area contributed by atoms with Crippen LogP contribution in [0.1, 0.15) is 95.4 Å². The van der Waals surface area contributed by atoms with Crippen LogP contribution in [-0.2, 0) is 26.7 Å². The zero-order chi connectivity index (χ0) is 41.8. The molecular formula is C44H53F6LiO8. The van der Waals surface area contributed by atoms with Gasteiger partial charge in [0.1, 0.15) is 11.5 Å². The number of carbonyl (C=O) groups is 2. The fraction of sp³-hybridized carbons (Fsp3) is 0.409. The fourth-order valence-corrected chi connectivity index (χ4v) is 6.15. The number of alkyl halides is 6. The van der Waals surface area contributed by atoms with Crippen molar-refractivity contribution in [3.63, 3.8) is 0 Å². The van der Waals surface area contributed by atoms with Crippen LogP contribution < -0.4 is 28.3 Å². The van der Waals surface area contributed by atoms with E-state index in [1.165, 1.54) is 24.3 Å². The van der Waals surface area contributed by atoms with Gasteiger partial charge >= 0.3 is 43.2 Å². The summed E-state index contributed by atoms with van der Waals surface area (Å²) in [5, 5.41) is 9.58. The SMILES string of the molecule is CCOC(=O)C(CC(C)C)c1ccc(OCC)c(-c2ccc(C(F)(F)F)cc2)c1.CCOc1ccc(C(CC(C)C)C(=O)O)cc1-c1ccc(C(F)(F)F)cc1.O.[Li+].[OH-]. The molecule has 4 aromatic carbocycles. The molecule has 0 aliphatic heterocycles. The Bertz CT molecular complexity index is 1880. The Kier molecular flexibility index (Phi) is 22.7. The van der Waals surface area contributed by atoms with Crippen molar-refractivity contribution in [2.75, 3.05) is 19.8 Å². The van der Waals surface area contributed by atoms with Gasteiger partial charge in [0.15, 0.2) is 0 Å². The van der Waals surface area contributed by atoms with Gasteiger partial charge in [-0.3, -0.25) is 9.59 Å². The van der Waals surface area contributed by atoms with E-state index < -0.39 is 41.3 Å². The van der Waals surface area contributed by atoms with E-state index in [4.69, 9.17) is 14.2 Å². The van der Waals surface area contributed by atoms with Gasteiger partial charge < -0.3 is 30.3 Å². The van der Waals surface area contributed by atoms with E-state index >= 15 is 0 Å². The number of carboxylic acids is 1. The second kappa shape index (κ2) is 24.6. The van der Waals surface area contributed by atoms with Gasteiger partial charge in [-0.15, -0.1) is 0 Å². The van der Waals surface area contributed by atoms with Gasteiger partial charge in [-0.05, 0) is 116 Å². The molecule has 0 amide bonds. The minimum Gasteiger partial charge on any atom is -0.870 e. The van der Waals surface area contributed by atoms with Crippen molar-refractivity contribution in [3.05, 3.63) is 107 Å². The quantitative estimate of drug-likeness (QED) is 0.0720. The topological polar surface area (TPSA) is 144 Å². The third kappa shape index (κ3) is 15.9. The summed E-state index contributed by atoms with van der Waals surface area (Å²) in [6.45, 7) is 14.4. The first kappa shape index (κ1) is 54.5. The Morgan fingerprint density at radius 2 is 0.949 bits per heavy atom. The summed E-state index contributed by atoms with van der Waals surface area (Å²) in [4.78, 5) is 24.2. The van der Waals surface area contributed by atoms with E-state index in [0.29, 0.717) is 65.4 Å². The molecule has 4 rings (SSSR count). The van der Waals surface area contributed by atoms with Crippen LogP contribution in [0.2, 0.25) is 0 Å². The van der Waals surface area contributed by atoms with Crippen LogP contribution in [0.3, 0.4) is 0 Å². The van der Waals surface area contributed by atoms with E-state index in [1.807, 2.05) is 53.7 Å². The van der Waals surface area contributed by atoms with Gasteiger partial charge in [0.05, 0.1) is 42.8 Å². The predicted octanol–water partition coefficient (Wildman–Crippen LogP) is 8.45. The number of halogens is 6. The van der Waals surface area contributed by atoms with Crippen molar-refractivity contribution < 1.29 is 85.1 Å². The molecule has 0 radical (unpaired) electrons. The molecule has 4 N–H and O–H groups in total. The zero-order valence-corrected chi connectivity index (χ0v) is 34.6. The molecule has 0 aliphatic rings. The van der Waals surface area contributed by atoms with Crippen LogP contribution in [0.25, 0.3) is 22.3 Å². The number of carbonyl (C=O) groups excluding carboxylic acids is 1. The Morgan fingerprint density at radius 1 is 0.593 bits per heavy atom. The molecule has 0 spiro atoms. The summed E-state index contributed by atoms with van der Waals surface area (Å²) < 4.78 is 93.6. The Morgan fingerprint density at radius 3 is 1.25 bits per heavy atom. The number of aliphatic carboxylic acids is 1.